The van der Waals surface area contributed by atoms with Crippen LogP contribution in [0.2, 0.25) is 0 Å². The van der Waals surface area contributed by atoms with E-state index in [0.717, 1.165) is 16.8 Å². The fourth-order valence-electron chi connectivity index (χ4n) is 1.44. The molecule has 0 saturated heterocycles. The van der Waals surface area contributed by atoms with Crippen LogP contribution in [0, 0.1) is 5.82 Å². The molecule has 0 aliphatic carbocycles. The zero-order valence-electron chi connectivity index (χ0n) is 8.11. The third-order valence-corrected chi connectivity index (χ3v) is 2.17. The van der Waals surface area contributed by atoms with E-state index in [1.54, 1.807) is 18.4 Å². The maximum Gasteiger partial charge on any atom is 0.127 e. The first-order chi connectivity index (χ1) is 7.31. The molecule has 0 aliphatic rings. The van der Waals surface area contributed by atoms with E-state index in [-0.39, 0.29) is 5.82 Å². The minimum atomic E-state index is -0.261. The molecule has 0 fully saturated rings. The summed E-state index contributed by atoms with van der Waals surface area (Å²) in [6.07, 6.45) is 2.28. The Hall–Kier alpha value is -1.68. The molecule has 0 amide bonds. The van der Waals surface area contributed by atoms with Crippen molar-refractivity contribution in [2.45, 2.75) is 6.42 Å². The summed E-state index contributed by atoms with van der Waals surface area (Å²) >= 11 is 0. The van der Waals surface area contributed by atoms with Gasteiger partial charge in [-0.25, -0.2) is 4.39 Å². The van der Waals surface area contributed by atoms with Crippen LogP contribution in [0.4, 0.5) is 4.39 Å². The lowest BCUT2D eigenvalue weighted by molar-refractivity contribution is 0.421. The molecule has 15 heavy (non-hydrogen) atoms. The van der Waals surface area contributed by atoms with E-state index in [2.05, 4.69) is 5.16 Å². The van der Waals surface area contributed by atoms with Crippen molar-refractivity contribution in [1.82, 2.24) is 5.16 Å². The Morgan fingerprint density at radius 3 is 2.67 bits per heavy atom. The first-order valence-corrected chi connectivity index (χ1v) is 4.70. The standard InChI is InChI=1S/C11H11FN2O/c12-10-3-1-8(2-4-10)11-9(5-6-13)7-15-14-11/h1-4,7H,5-6,13H2. The Bertz CT molecular complexity index is 436. The average Bonchev–Trinajstić information content (AvgIpc) is 2.68. The van der Waals surface area contributed by atoms with Crippen molar-refractivity contribution in [3.05, 3.63) is 41.9 Å². The van der Waals surface area contributed by atoms with Gasteiger partial charge >= 0.3 is 0 Å². The van der Waals surface area contributed by atoms with Crippen molar-refractivity contribution < 1.29 is 8.91 Å². The fraction of sp³-hybridized carbons (Fsp3) is 0.182. The maximum atomic E-state index is 12.7. The van der Waals surface area contributed by atoms with E-state index in [0.29, 0.717) is 13.0 Å². The number of aromatic nitrogens is 1. The number of halogens is 1. The normalized spacial score (nSPS) is 10.5. The van der Waals surface area contributed by atoms with Crippen LogP contribution in [0.1, 0.15) is 5.56 Å². The van der Waals surface area contributed by atoms with Gasteiger partial charge in [-0.15, -0.1) is 0 Å². The molecule has 0 bridgehead atoms. The van der Waals surface area contributed by atoms with Crippen molar-refractivity contribution >= 4 is 0 Å². The Morgan fingerprint density at radius 1 is 1.27 bits per heavy atom. The zero-order chi connectivity index (χ0) is 10.7. The van der Waals surface area contributed by atoms with E-state index in [9.17, 15) is 4.39 Å². The highest BCUT2D eigenvalue weighted by atomic mass is 19.1. The van der Waals surface area contributed by atoms with Crippen LogP contribution in [-0.2, 0) is 6.42 Å². The predicted octanol–water partition coefficient (Wildman–Crippen LogP) is 1.98. The lowest BCUT2D eigenvalue weighted by Crippen LogP contribution is -2.02. The molecule has 0 unspecified atom stereocenters. The quantitative estimate of drug-likeness (QED) is 0.835. The van der Waals surface area contributed by atoms with Gasteiger partial charge in [-0.1, -0.05) is 5.16 Å². The zero-order valence-corrected chi connectivity index (χ0v) is 8.11. The summed E-state index contributed by atoms with van der Waals surface area (Å²) in [4.78, 5) is 0. The van der Waals surface area contributed by atoms with Gasteiger partial charge in [0.1, 0.15) is 17.8 Å². The minimum Gasteiger partial charge on any atom is -0.364 e. The summed E-state index contributed by atoms with van der Waals surface area (Å²) in [5.41, 5.74) is 7.99. The maximum absolute atomic E-state index is 12.7. The van der Waals surface area contributed by atoms with Gasteiger partial charge in [0.15, 0.2) is 0 Å². The van der Waals surface area contributed by atoms with E-state index in [1.165, 1.54) is 12.1 Å². The third-order valence-electron chi connectivity index (χ3n) is 2.17. The van der Waals surface area contributed by atoms with Gasteiger partial charge in [0, 0.05) is 11.1 Å². The summed E-state index contributed by atoms with van der Waals surface area (Å²) in [5, 5.41) is 3.88. The van der Waals surface area contributed by atoms with Crippen LogP contribution in [-0.4, -0.2) is 11.7 Å². The molecule has 1 aromatic carbocycles. The summed E-state index contributed by atoms with van der Waals surface area (Å²) < 4.78 is 17.6. The first-order valence-electron chi connectivity index (χ1n) is 4.70. The van der Waals surface area contributed by atoms with Crippen molar-refractivity contribution in [2.24, 2.45) is 5.73 Å². The van der Waals surface area contributed by atoms with Crippen LogP contribution in [0.3, 0.4) is 0 Å². The first kappa shape index (κ1) is 9.86. The van der Waals surface area contributed by atoms with E-state index in [4.69, 9.17) is 10.3 Å². The largest absolute Gasteiger partial charge is 0.364 e. The molecule has 2 rings (SSSR count). The molecule has 78 valence electrons. The molecule has 2 aromatic rings. The van der Waals surface area contributed by atoms with Gasteiger partial charge < -0.3 is 10.3 Å². The highest BCUT2D eigenvalue weighted by Gasteiger charge is 2.09. The molecule has 1 aromatic heterocycles. The number of nitrogens with zero attached hydrogens (tertiary/aromatic N) is 1. The average molecular weight is 206 g/mol. The SMILES string of the molecule is NCCc1conc1-c1ccc(F)cc1. The topological polar surface area (TPSA) is 52.0 Å². The molecule has 3 nitrogen and oxygen atoms in total. The molecular formula is C11H11FN2O. The monoisotopic (exact) mass is 206 g/mol. The number of nitrogens with two attached hydrogens (primary N) is 1. The molecule has 4 heteroatoms. The van der Waals surface area contributed by atoms with E-state index in [1.807, 2.05) is 0 Å². The van der Waals surface area contributed by atoms with Crippen molar-refractivity contribution in [1.29, 1.82) is 0 Å². The lowest BCUT2D eigenvalue weighted by Gasteiger charge is -1.99. The fourth-order valence-corrected chi connectivity index (χ4v) is 1.44. The Morgan fingerprint density at radius 2 is 2.00 bits per heavy atom. The second-order valence-corrected chi connectivity index (χ2v) is 3.23. The van der Waals surface area contributed by atoms with Gasteiger partial charge in [-0.2, -0.15) is 0 Å². The Labute approximate surface area is 86.7 Å². The van der Waals surface area contributed by atoms with Gasteiger partial charge in [0.2, 0.25) is 0 Å². The molecule has 1 heterocycles. The van der Waals surface area contributed by atoms with E-state index >= 15 is 0 Å². The van der Waals surface area contributed by atoms with Crippen LogP contribution in [0.5, 0.6) is 0 Å². The van der Waals surface area contributed by atoms with Crippen LogP contribution in [0.15, 0.2) is 35.1 Å². The third kappa shape index (κ3) is 2.05. The van der Waals surface area contributed by atoms with E-state index < -0.39 is 0 Å². The molecular weight excluding hydrogens is 195 g/mol. The van der Waals surface area contributed by atoms with Crippen LogP contribution >= 0.6 is 0 Å². The molecule has 0 aliphatic heterocycles. The highest BCUT2D eigenvalue weighted by Crippen LogP contribution is 2.22. The molecule has 0 saturated carbocycles. The van der Waals surface area contributed by atoms with Crippen LogP contribution < -0.4 is 5.73 Å². The summed E-state index contributed by atoms with van der Waals surface area (Å²) in [6, 6.07) is 6.15. The van der Waals surface area contributed by atoms with Crippen molar-refractivity contribution in [3.63, 3.8) is 0 Å². The number of hydrogen-bond acceptors (Lipinski definition) is 3. The Balaban J connectivity index is 2.36. The van der Waals surface area contributed by atoms with Crippen molar-refractivity contribution in [2.75, 3.05) is 6.54 Å². The molecule has 0 radical (unpaired) electrons. The van der Waals surface area contributed by atoms with Crippen molar-refractivity contribution in [3.8, 4) is 11.3 Å². The van der Waals surface area contributed by atoms with Gasteiger partial charge in [-0.05, 0) is 37.2 Å². The Kier molecular flexibility index (Phi) is 2.78. The summed E-state index contributed by atoms with van der Waals surface area (Å²) in [6.45, 7) is 0.537. The van der Waals surface area contributed by atoms with Gasteiger partial charge in [0.05, 0.1) is 0 Å². The van der Waals surface area contributed by atoms with Gasteiger partial charge in [-0.3, -0.25) is 0 Å². The molecule has 0 atom stereocenters. The van der Waals surface area contributed by atoms with Crippen LogP contribution in [0.25, 0.3) is 11.3 Å². The summed E-state index contributed by atoms with van der Waals surface area (Å²) in [5.74, 6) is -0.261. The molecule has 0 spiro atoms. The number of hydrogen-bond donors (Lipinski definition) is 1. The number of rotatable bonds is 3. The summed E-state index contributed by atoms with van der Waals surface area (Å²) in [7, 11) is 0. The highest BCUT2D eigenvalue weighted by molar-refractivity contribution is 5.62. The smallest absolute Gasteiger partial charge is 0.127 e. The second-order valence-electron chi connectivity index (χ2n) is 3.23. The number of benzene rings is 1. The minimum absolute atomic E-state index is 0.261. The second kappa shape index (κ2) is 4.23. The predicted molar refractivity (Wildman–Crippen MR) is 54.7 cm³/mol. The van der Waals surface area contributed by atoms with Gasteiger partial charge in [0.25, 0.3) is 0 Å². The lowest BCUT2D eigenvalue weighted by atomic mass is 10.1. The molecule has 2 N–H and O–H groups in total.